The van der Waals surface area contributed by atoms with E-state index in [1.165, 1.54) is 0 Å². The standard InChI is InChI=1S/C19H17IN2O4/c1-11-6-13(20)2-4-15(11)21-19(24)12-7-18(23)22(9-12)14-3-5-16-17(8-14)26-10-25-16/h2-6,8,12H,7,9-10H2,1H3,(H,21,24). The Morgan fingerprint density at radius 1 is 1.19 bits per heavy atom. The van der Waals surface area contributed by atoms with E-state index in [-0.39, 0.29) is 30.9 Å². The van der Waals surface area contributed by atoms with Crippen LogP contribution in [0.4, 0.5) is 11.4 Å². The van der Waals surface area contributed by atoms with Gasteiger partial charge in [0, 0.05) is 34.0 Å². The molecule has 0 bridgehead atoms. The summed E-state index contributed by atoms with van der Waals surface area (Å²) >= 11 is 2.23. The van der Waals surface area contributed by atoms with Crippen molar-refractivity contribution >= 4 is 45.8 Å². The number of anilines is 2. The van der Waals surface area contributed by atoms with E-state index >= 15 is 0 Å². The van der Waals surface area contributed by atoms with Crippen LogP contribution in [0.5, 0.6) is 11.5 Å². The minimum atomic E-state index is -0.383. The first-order valence-electron chi connectivity index (χ1n) is 8.28. The number of rotatable bonds is 3. The minimum Gasteiger partial charge on any atom is -0.454 e. The van der Waals surface area contributed by atoms with Crippen molar-refractivity contribution in [1.82, 2.24) is 0 Å². The van der Waals surface area contributed by atoms with Crippen LogP contribution in [0, 0.1) is 16.4 Å². The summed E-state index contributed by atoms with van der Waals surface area (Å²) in [4.78, 5) is 26.7. The molecule has 0 spiro atoms. The quantitative estimate of drug-likeness (QED) is 0.709. The van der Waals surface area contributed by atoms with Gasteiger partial charge < -0.3 is 19.7 Å². The lowest BCUT2D eigenvalue weighted by atomic mass is 10.1. The summed E-state index contributed by atoms with van der Waals surface area (Å²) in [5.41, 5.74) is 2.51. The zero-order valence-corrected chi connectivity index (χ0v) is 16.3. The second-order valence-corrected chi connectivity index (χ2v) is 7.64. The molecule has 134 valence electrons. The molecule has 0 aliphatic carbocycles. The van der Waals surface area contributed by atoms with Crippen molar-refractivity contribution in [3.8, 4) is 11.5 Å². The normalized spacial score (nSPS) is 18.3. The molecule has 0 aromatic heterocycles. The Morgan fingerprint density at radius 3 is 2.81 bits per heavy atom. The summed E-state index contributed by atoms with van der Waals surface area (Å²) in [5.74, 6) is 0.711. The summed E-state index contributed by atoms with van der Waals surface area (Å²) in [6.45, 7) is 2.50. The number of amides is 2. The zero-order chi connectivity index (χ0) is 18.3. The van der Waals surface area contributed by atoms with E-state index in [0.717, 1.165) is 20.5 Å². The maximum atomic E-state index is 12.6. The number of hydrogen-bond acceptors (Lipinski definition) is 4. The third kappa shape index (κ3) is 3.23. The van der Waals surface area contributed by atoms with Crippen LogP contribution in [0.1, 0.15) is 12.0 Å². The van der Waals surface area contributed by atoms with E-state index in [4.69, 9.17) is 9.47 Å². The highest BCUT2D eigenvalue weighted by Gasteiger charge is 2.35. The Bertz CT molecular complexity index is 899. The Kier molecular flexibility index (Phi) is 4.47. The lowest BCUT2D eigenvalue weighted by Crippen LogP contribution is -2.28. The fourth-order valence-electron chi connectivity index (χ4n) is 3.19. The van der Waals surface area contributed by atoms with Gasteiger partial charge >= 0.3 is 0 Å². The second-order valence-electron chi connectivity index (χ2n) is 6.39. The number of hydrogen-bond donors (Lipinski definition) is 1. The van der Waals surface area contributed by atoms with Crippen molar-refractivity contribution in [3.63, 3.8) is 0 Å². The number of ether oxygens (including phenoxy) is 2. The number of nitrogens with zero attached hydrogens (tertiary/aromatic N) is 1. The molecule has 2 aromatic carbocycles. The number of nitrogens with one attached hydrogen (secondary N) is 1. The Balaban J connectivity index is 1.48. The first-order chi connectivity index (χ1) is 12.5. The molecule has 2 aromatic rings. The molecule has 1 N–H and O–H groups in total. The molecular formula is C19H17IN2O4. The van der Waals surface area contributed by atoms with Crippen LogP contribution in [0.3, 0.4) is 0 Å². The average Bonchev–Trinajstić information content (AvgIpc) is 3.23. The number of halogens is 1. The van der Waals surface area contributed by atoms with Crippen molar-refractivity contribution in [2.24, 2.45) is 5.92 Å². The predicted octanol–water partition coefficient (Wildman–Crippen LogP) is 3.32. The van der Waals surface area contributed by atoms with Crippen LogP contribution in [-0.4, -0.2) is 25.2 Å². The van der Waals surface area contributed by atoms with Crippen LogP contribution >= 0.6 is 22.6 Å². The van der Waals surface area contributed by atoms with Gasteiger partial charge in [0.25, 0.3) is 0 Å². The molecule has 1 unspecified atom stereocenters. The van der Waals surface area contributed by atoms with E-state index in [2.05, 4.69) is 27.9 Å². The van der Waals surface area contributed by atoms with Crippen molar-refractivity contribution in [2.45, 2.75) is 13.3 Å². The van der Waals surface area contributed by atoms with Crippen molar-refractivity contribution in [2.75, 3.05) is 23.6 Å². The smallest absolute Gasteiger partial charge is 0.231 e. The molecule has 26 heavy (non-hydrogen) atoms. The Labute approximate surface area is 164 Å². The van der Waals surface area contributed by atoms with E-state index in [0.29, 0.717) is 18.0 Å². The monoisotopic (exact) mass is 464 g/mol. The first kappa shape index (κ1) is 17.1. The number of aryl methyl sites for hydroxylation is 1. The molecule has 0 saturated carbocycles. The molecule has 1 saturated heterocycles. The highest BCUT2D eigenvalue weighted by atomic mass is 127. The second kappa shape index (κ2) is 6.79. The number of benzene rings is 2. The average molecular weight is 464 g/mol. The lowest BCUT2D eigenvalue weighted by molar-refractivity contribution is -0.122. The zero-order valence-electron chi connectivity index (χ0n) is 14.1. The van der Waals surface area contributed by atoms with E-state index in [9.17, 15) is 9.59 Å². The summed E-state index contributed by atoms with van der Waals surface area (Å²) in [6.07, 6.45) is 0.198. The lowest BCUT2D eigenvalue weighted by Gasteiger charge is -2.17. The number of carbonyl (C=O) groups excluding carboxylic acids is 2. The third-order valence-corrected chi connectivity index (χ3v) is 5.28. The minimum absolute atomic E-state index is 0.0663. The van der Waals surface area contributed by atoms with E-state index in [1.807, 2.05) is 31.2 Å². The molecule has 2 heterocycles. The van der Waals surface area contributed by atoms with Crippen LogP contribution in [-0.2, 0) is 9.59 Å². The molecule has 4 rings (SSSR count). The van der Waals surface area contributed by atoms with Crippen molar-refractivity contribution in [3.05, 3.63) is 45.5 Å². The Hall–Kier alpha value is -2.29. The van der Waals surface area contributed by atoms with E-state index in [1.54, 1.807) is 17.0 Å². The molecular weight excluding hydrogens is 447 g/mol. The fourth-order valence-corrected chi connectivity index (χ4v) is 3.83. The number of carbonyl (C=O) groups is 2. The van der Waals surface area contributed by atoms with Crippen molar-refractivity contribution in [1.29, 1.82) is 0 Å². The number of fused-ring (bicyclic) bond motifs is 1. The van der Waals surface area contributed by atoms with Crippen LogP contribution in [0.25, 0.3) is 0 Å². The molecule has 2 aliphatic heterocycles. The largest absolute Gasteiger partial charge is 0.454 e. The fraction of sp³-hybridized carbons (Fsp3) is 0.263. The third-order valence-electron chi connectivity index (χ3n) is 4.61. The summed E-state index contributed by atoms with van der Waals surface area (Å²) < 4.78 is 11.8. The van der Waals surface area contributed by atoms with Crippen molar-refractivity contribution < 1.29 is 19.1 Å². The predicted molar refractivity (Wildman–Crippen MR) is 106 cm³/mol. The highest BCUT2D eigenvalue weighted by molar-refractivity contribution is 14.1. The van der Waals surface area contributed by atoms with Gasteiger partial charge in [0.1, 0.15) is 0 Å². The van der Waals surface area contributed by atoms with Gasteiger partial charge in [0.2, 0.25) is 18.6 Å². The molecule has 6 nitrogen and oxygen atoms in total. The summed E-state index contributed by atoms with van der Waals surface area (Å²) in [5, 5.41) is 2.95. The maximum Gasteiger partial charge on any atom is 0.231 e. The van der Waals surface area contributed by atoms with Gasteiger partial charge in [0.05, 0.1) is 5.92 Å². The molecule has 7 heteroatoms. The highest BCUT2D eigenvalue weighted by Crippen LogP contribution is 2.37. The van der Waals surface area contributed by atoms with Gasteiger partial charge in [-0.1, -0.05) is 0 Å². The molecule has 0 radical (unpaired) electrons. The molecule has 1 fully saturated rings. The summed E-state index contributed by atoms with van der Waals surface area (Å²) in [7, 11) is 0. The van der Waals surface area contributed by atoms with E-state index < -0.39 is 0 Å². The van der Waals surface area contributed by atoms with Crippen LogP contribution < -0.4 is 19.7 Å². The molecule has 1 atom stereocenters. The van der Waals surface area contributed by atoms with Gasteiger partial charge in [-0.2, -0.15) is 0 Å². The van der Waals surface area contributed by atoms with Gasteiger partial charge in [-0.15, -0.1) is 0 Å². The van der Waals surface area contributed by atoms with Gasteiger partial charge in [0.15, 0.2) is 11.5 Å². The van der Waals surface area contributed by atoms with Crippen LogP contribution in [0.2, 0.25) is 0 Å². The maximum absolute atomic E-state index is 12.6. The summed E-state index contributed by atoms with van der Waals surface area (Å²) in [6, 6.07) is 11.2. The topological polar surface area (TPSA) is 67.9 Å². The van der Waals surface area contributed by atoms with Gasteiger partial charge in [-0.3, -0.25) is 9.59 Å². The Morgan fingerprint density at radius 2 is 2.00 bits per heavy atom. The van der Waals surface area contributed by atoms with Gasteiger partial charge in [-0.05, 0) is 65.4 Å². The van der Waals surface area contributed by atoms with Gasteiger partial charge in [-0.25, -0.2) is 0 Å². The van der Waals surface area contributed by atoms with Crippen LogP contribution in [0.15, 0.2) is 36.4 Å². The SMILES string of the molecule is Cc1cc(I)ccc1NC(=O)C1CC(=O)N(c2ccc3c(c2)OCO3)C1. The first-order valence-corrected chi connectivity index (χ1v) is 9.36. The molecule has 2 amide bonds. The molecule has 2 aliphatic rings.